The molecule has 0 spiro atoms. The second kappa shape index (κ2) is 6.13. The summed E-state index contributed by atoms with van der Waals surface area (Å²) in [4.78, 5) is 6.87. The van der Waals surface area contributed by atoms with Crippen LogP contribution in [0.4, 0.5) is 5.95 Å². The minimum atomic E-state index is 0.270. The Labute approximate surface area is 118 Å². The van der Waals surface area contributed by atoms with E-state index in [0.29, 0.717) is 0 Å². The van der Waals surface area contributed by atoms with Gasteiger partial charge in [-0.25, -0.2) is 0 Å². The van der Waals surface area contributed by atoms with Gasteiger partial charge in [0.2, 0.25) is 5.95 Å². The summed E-state index contributed by atoms with van der Waals surface area (Å²) in [5, 5.41) is 7.48. The van der Waals surface area contributed by atoms with Crippen molar-refractivity contribution in [3.05, 3.63) is 5.82 Å². The number of hydrogen-bond donors (Lipinski definition) is 2. The molecule has 3 rings (SSSR count). The van der Waals surface area contributed by atoms with E-state index in [1.807, 2.05) is 0 Å². The SMILES string of the molecule is NC1CCCN(c2n[nH]c(CC3CCSCC3)n2)C1. The van der Waals surface area contributed by atoms with Gasteiger partial charge in [-0.15, -0.1) is 5.10 Å². The van der Waals surface area contributed by atoms with Gasteiger partial charge < -0.3 is 10.6 Å². The molecule has 0 aromatic carbocycles. The number of aromatic nitrogens is 3. The van der Waals surface area contributed by atoms with E-state index in [2.05, 4.69) is 31.8 Å². The predicted octanol–water partition coefficient (Wildman–Crippen LogP) is 1.42. The molecule has 1 aromatic heterocycles. The molecule has 0 aliphatic carbocycles. The molecule has 1 atom stereocenters. The Morgan fingerprint density at radius 3 is 2.95 bits per heavy atom. The summed E-state index contributed by atoms with van der Waals surface area (Å²) in [5.41, 5.74) is 6.01. The highest BCUT2D eigenvalue weighted by atomic mass is 32.2. The van der Waals surface area contributed by atoms with Gasteiger partial charge in [-0.05, 0) is 43.1 Å². The number of piperidine rings is 1. The zero-order valence-corrected chi connectivity index (χ0v) is 12.2. The molecule has 19 heavy (non-hydrogen) atoms. The fourth-order valence-electron chi connectivity index (χ4n) is 2.93. The lowest BCUT2D eigenvalue weighted by molar-refractivity contribution is 0.476. The van der Waals surface area contributed by atoms with Crippen LogP contribution in [0.2, 0.25) is 0 Å². The molecule has 1 unspecified atom stereocenters. The Balaban J connectivity index is 1.59. The fourth-order valence-corrected chi connectivity index (χ4v) is 4.14. The zero-order valence-electron chi connectivity index (χ0n) is 11.3. The summed E-state index contributed by atoms with van der Waals surface area (Å²) < 4.78 is 0. The second-order valence-corrected chi connectivity index (χ2v) is 6.92. The van der Waals surface area contributed by atoms with Gasteiger partial charge in [0.1, 0.15) is 5.82 Å². The molecule has 5 nitrogen and oxygen atoms in total. The highest BCUT2D eigenvalue weighted by molar-refractivity contribution is 7.99. The minimum absolute atomic E-state index is 0.270. The Morgan fingerprint density at radius 2 is 2.16 bits per heavy atom. The average molecular weight is 281 g/mol. The largest absolute Gasteiger partial charge is 0.338 e. The van der Waals surface area contributed by atoms with Crippen LogP contribution < -0.4 is 10.6 Å². The third-order valence-electron chi connectivity index (χ3n) is 4.08. The molecular weight excluding hydrogens is 258 g/mol. The third-order valence-corrected chi connectivity index (χ3v) is 5.13. The quantitative estimate of drug-likeness (QED) is 0.877. The van der Waals surface area contributed by atoms with E-state index in [4.69, 9.17) is 5.73 Å². The maximum Gasteiger partial charge on any atom is 0.244 e. The van der Waals surface area contributed by atoms with Crippen LogP contribution in [0.3, 0.4) is 0 Å². The Hall–Kier alpha value is -0.750. The molecule has 3 N–H and O–H groups in total. The van der Waals surface area contributed by atoms with Crippen molar-refractivity contribution in [3.8, 4) is 0 Å². The number of H-pyrrole nitrogens is 1. The van der Waals surface area contributed by atoms with Crippen LogP contribution in [-0.4, -0.2) is 45.8 Å². The first-order valence-corrected chi connectivity index (χ1v) is 8.46. The van der Waals surface area contributed by atoms with E-state index in [1.54, 1.807) is 0 Å². The van der Waals surface area contributed by atoms with Gasteiger partial charge >= 0.3 is 0 Å². The standard InChI is InChI=1S/C13H23N5S/c14-11-2-1-5-18(9-11)13-15-12(16-17-13)8-10-3-6-19-7-4-10/h10-11H,1-9,14H2,(H,15,16,17). The van der Waals surface area contributed by atoms with Crippen LogP contribution in [0, 0.1) is 5.92 Å². The maximum absolute atomic E-state index is 6.01. The first kappa shape index (κ1) is 13.2. The first-order chi connectivity index (χ1) is 9.31. The number of rotatable bonds is 3. The van der Waals surface area contributed by atoms with Gasteiger partial charge in [-0.3, -0.25) is 5.10 Å². The topological polar surface area (TPSA) is 70.8 Å². The summed E-state index contributed by atoms with van der Waals surface area (Å²) in [7, 11) is 0. The average Bonchev–Trinajstić information content (AvgIpc) is 2.88. The molecule has 106 valence electrons. The Kier molecular flexibility index (Phi) is 4.28. The number of nitrogens with one attached hydrogen (secondary N) is 1. The molecule has 2 aliphatic rings. The van der Waals surface area contributed by atoms with E-state index >= 15 is 0 Å². The summed E-state index contributed by atoms with van der Waals surface area (Å²) in [6, 6.07) is 0.270. The molecule has 0 radical (unpaired) electrons. The van der Waals surface area contributed by atoms with Crippen LogP contribution in [0.5, 0.6) is 0 Å². The van der Waals surface area contributed by atoms with E-state index in [1.165, 1.54) is 24.3 Å². The van der Waals surface area contributed by atoms with Gasteiger partial charge in [-0.2, -0.15) is 16.7 Å². The normalized spacial score (nSPS) is 25.7. The lowest BCUT2D eigenvalue weighted by Crippen LogP contribution is -2.43. The molecule has 0 bridgehead atoms. The molecule has 3 heterocycles. The highest BCUT2D eigenvalue weighted by Crippen LogP contribution is 2.25. The zero-order chi connectivity index (χ0) is 13.1. The van der Waals surface area contributed by atoms with Gasteiger partial charge in [0.25, 0.3) is 0 Å². The summed E-state index contributed by atoms with van der Waals surface area (Å²) in [6.07, 6.45) is 5.94. The van der Waals surface area contributed by atoms with Gasteiger partial charge in [0, 0.05) is 25.6 Å². The first-order valence-electron chi connectivity index (χ1n) is 7.31. The molecular formula is C13H23N5S. The van der Waals surface area contributed by atoms with Gasteiger partial charge in [0.05, 0.1) is 0 Å². The van der Waals surface area contributed by atoms with Crippen molar-refractivity contribution in [2.24, 2.45) is 11.7 Å². The number of thioether (sulfide) groups is 1. The van der Waals surface area contributed by atoms with Crippen molar-refractivity contribution in [1.29, 1.82) is 0 Å². The number of aromatic amines is 1. The van der Waals surface area contributed by atoms with Crippen molar-refractivity contribution in [1.82, 2.24) is 15.2 Å². The monoisotopic (exact) mass is 281 g/mol. The summed E-state index contributed by atoms with van der Waals surface area (Å²) >= 11 is 2.07. The van der Waals surface area contributed by atoms with E-state index in [0.717, 1.165) is 50.0 Å². The predicted molar refractivity (Wildman–Crippen MR) is 79.6 cm³/mol. The third kappa shape index (κ3) is 3.42. The number of hydrogen-bond acceptors (Lipinski definition) is 5. The smallest absolute Gasteiger partial charge is 0.244 e. The van der Waals surface area contributed by atoms with Crippen LogP contribution in [0.25, 0.3) is 0 Å². The molecule has 2 fully saturated rings. The Morgan fingerprint density at radius 1 is 1.32 bits per heavy atom. The van der Waals surface area contributed by atoms with Crippen molar-refractivity contribution >= 4 is 17.7 Å². The van der Waals surface area contributed by atoms with E-state index in [-0.39, 0.29) is 6.04 Å². The number of nitrogens with two attached hydrogens (primary N) is 1. The number of anilines is 1. The van der Waals surface area contributed by atoms with Crippen molar-refractivity contribution in [3.63, 3.8) is 0 Å². The summed E-state index contributed by atoms with van der Waals surface area (Å²) in [6.45, 7) is 1.92. The van der Waals surface area contributed by atoms with Gasteiger partial charge in [0.15, 0.2) is 0 Å². The molecule has 6 heteroatoms. The molecule has 2 aliphatic heterocycles. The molecule has 0 saturated carbocycles. The van der Waals surface area contributed by atoms with Crippen LogP contribution in [0.1, 0.15) is 31.5 Å². The molecule has 2 saturated heterocycles. The van der Waals surface area contributed by atoms with Gasteiger partial charge in [-0.1, -0.05) is 0 Å². The lowest BCUT2D eigenvalue weighted by atomic mass is 9.99. The van der Waals surface area contributed by atoms with E-state index in [9.17, 15) is 0 Å². The van der Waals surface area contributed by atoms with Crippen LogP contribution >= 0.6 is 11.8 Å². The molecule has 1 aromatic rings. The Bertz CT molecular complexity index is 401. The maximum atomic E-state index is 6.01. The van der Waals surface area contributed by atoms with Crippen molar-refractivity contribution in [2.45, 2.75) is 38.1 Å². The van der Waals surface area contributed by atoms with Crippen molar-refractivity contribution in [2.75, 3.05) is 29.5 Å². The van der Waals surface area contributed by atoms with E-state index < -0.39 is 0 Å². The lowest BCUT2D eigenvalue weighted by Gasteiger charge is -2.29. The second-order valence-electron chi connectivity index (χ2n) is 5.69. The highest BCUT2D eigenvalue weighted by Gasteiger charge is 2.21. The fraction of sp³-hybridized carbons (Fsp3) is 0.846. The minimum Gasteiger partial charge on any atom is -0.338 e. The molecule has 0 amide bonds. The van der Waals surface area contributed by atoms with Crippen LogP contribution in [0.15, 0.2) is 0 Å². The number of nitrogens with zero attached hydrogens (tertiary/aromatic N) is 3. The van der Waals surface area contributed by atoms with Crippen LogP contribution in [-0.2, 0) is 6.42 Å². The summed E-state index contributed by atoms with van der Waals surface area (Å²) in [5.74, 6) is 5.27. The van der Waals surface area contributed by atoms with Crippen molar-refractivity contribution < 1.29 is 0 Å².